The zero-order chi connectivity index (χ0) is 19.1. The summed E-state index contributed by atoms with van der Waals surface area (Å²) < 4.78 is 10.6. The Bertz CT molecular complexity index is 764. The molecule has 0 saturated heterocycles. The van der Waals surface area contributed by atoms with Crippen LogP contribution >= 0.6 is 11.6 Å². The van der Waals surface area contributed by atoms with Crippen molar-refractivity contribution < 1.29 is 19.1 Å². The van der Waals surface area contributed by atoms with Crippen molar-refractivity contribution in [3.8, 4) is 5.75 Å². The van der Waals surface area contributed by atoms with E-state index in [4.69, 9.17) is 21.1 Å². The molecule has 1 N–H and O–H groups in total. The summed E-state index contributed by atoms with van der Waals surface area (Å²) in [6.07, 6.45) is -0.372. The number of amides is 1. The first-order chi connectivity index (χ1) is 12.5. The third kappa shape index (κ3) is 4.99. The van der Waals surface area contributed by atoms with Crippen molar-refractivity contribution in [3.05, 3.63) is 59.1 Å². The molecule has 26 heavy (non-hydrogen) atoms. The van der Waals surface area contributed by atoms with Crippen molar-refractivity contribution >= 4 is 29.2 Å². The highest BCUT2D eigenvalue weighted by Crippen LogP contribution is 2.28. The van der Waals surface area contributed by atoms with Crippen LogP contribution in [0.1, 0.15) is 31.7 Å². The lowest BCUT2D eigenvalue weighted by atomic mass is 9.97. The van der Waals surface area contributed by atoms with Crippen molar-refractivity contribution in [1.82, 2.24) is 0 Å². The third-order valence-electron chi connectivity index (χ3n) is 3.98. The van der Waals surface area contributed by atoms with Gasteiger partial charge in [-0.25, -0.2) is 0 Å². The van der Waals surface area contributed by atoms with Gasteiger partial charge in [-0.3, -0.25) is 9.59 Å². The van der Waals surface area contributed by atoms with E-state index in [1.807, 2.05) is 37.3 Å². The molecule has 138 valence electrons. The Morgan fingerprint density at radius 1 is 1.15 bits per heavy atom. The smallest absolute Gasteiger partial charge is 0.314 e. The Morgan fingerprint density at radius 2 is 1.85 bits per heavy atom. The second-order valence-electron chi connectivity index (χ2n) is 5.78. The maximum absolute atomic E-state index is 12.5. The van der Waals surface area contributed by atoms with Crippen molar-refractivity contribution in [3.63, 3.8) is 0 Å². The molecular weight excluding hydrogens is 354 g/mol. The van der Waals surface area contributed by atoms with Crippen LogP contribution in [0.3, 0.4) is 0 Å². The summed E-state index contributed by atoms with van der Waals surface area (Å²) in [5, 5.41) is 3.14. The minimum atomic E-state index is -0.955. The van der Waals surface area contributed by atoms with Gasteiger partial charge in [0.05, 0.1) is 18.7 Å². The van der Waals surface area contributed by atoms with Crippen molar-refractivity contribution in [2.75, 3.05) is 12.4 Å². The summed E-state index contributed by atoms with van der Waals surface area (Å²) in [6, 6.07) is 14.2. The number of rotatable bonds is 7. The van der Waals surface area contributed by atoms with Gasteiger partial charge in [-0.1, -0.05) is 48.9 Å². The molecule has 0 unspecified atom stereocenters. The number of hydrogen-bond acceptors (Lipinski definition) is 4. The lowest BCUT2D eigenvalue weighted by molar-refractivity contribution is -0.154. The monoisotopic (exact) mass is 375 g/mol. The van der Waals surface area contributed by atoms with E-state index in [1.54, 1.807) is 18.2 Å². The topological polar surface area (TPSA) is 64.6 Å². The van der Waals surface area contributed by atoms with Crippen LogP contribution in [0.4, 0.5) is 5.69 Å². The molecule has 0 bridgehead atoms. The lowest BCUT2D eigenvalue weighted by Gasteiger charge is -2.19. The van der Waals surface area contributed by atoms with Crippen molar-refractivity contribution in [2.24, 2.45) is 0 Å². The zero-order valence-electron chi connectivity index (χ0n) is 15.0. The number of carbonyl (C=O) groups excluding carboxylic acids is 2. The Morgan fingerprint density at radius 3 is 2.46 bits per heavy atom. The molecule has 0 aromatic heterocycles. The van der Waals surface area contributed by atoms with Gasteiger partial charge < -0.3 is 14.8 Å². The third-order valence-corrected chi connectivity index (χ3v) is 4.21. The van der Waals surface area contributed by atoms with Crippen LogP contribution in [0, 0.1) is 0 Å². The van der Waals surface area contributed by atoms with E-state index < -0.39 is 23.9 Å². The summed E-state index contributed by atoms with van der Waals surface area (Å²) in [5.74, 6) is -0.828. The molecule has 2 atom stereocenters. The molecule has 0 aliphatic rings. The minimum absolute atomic E-state index is 0.410. The van der Waals surface area contributed by atoms with Gasteiger partial charge in [-0.05, 0) is 37.1 Å². The van der Waals surface area contributed by atoms with Crippen LogP contribution in [0.25, 0.3) is 0 Å². The molecule has 0 aliphatic carbocycles. The highest BCUT2D eigenvalue weighted by atomic mass is 35.5. The number of carbonyl (C=O) groups is 2. The quantitative estimate of drug-likeness (QED) is 0.728. The van der Waals surface area contributed by atoms with Gasteiger partial charge >= 0.3 is 5.97 Å². The molecular formula is C20H22ClNO4. The van der Waals surface area contributed by atoms with E-state index in [2.05, 4.69) is 5.32 Å². The van der Waals surface area contributed by atoms with Gasteiger partial charge in [-0.15, -0.1) is 0 Å². The average molecular weight is 376 g/mol. The van der Waals surface area contributed by atoms with Crippen LogP contribution in [0.2, 0.25) is 5.02 Å². The molecule has 0 fully saturated rings. The minimum Gasteiger partial charge on any atom is -0.495 e. The number of methoxy groups -OCH3 is 1. The Balaban J connectivity index is 2.04. The molecule has 0 spiro atoms. The average Bonchev–Trinajstić information content (AvgIpc) is 2.63. The molecule has 0 heterocycles. The van der Waals surface area contributed by atoms with Gasteiger partial charge in [0.15, 0.2) is 6.10 Å². The fourth-order valence-electron chi connectivity index (χ4n) is 2.55. The summed E-state index contributed by atoms with van der Waals surface area (Å²) in [6.45, 7) is 3.43. The summed E-state index contributed by atoms with van der Waals surface area (Å²) in [4.78, 5) is 24.9. The number of anilines is 1. The highest BCUT2D eigenvalue weighted by molar-refractivity contribution is 6.31. The van der Waals surface area contributed by atoms with Crippen LogP contribution in [0.15, 0.2) is 48.5 Å². The van der Waals surface area contributed by atoms with Crippen LogP contribution in [-0.2, 0) is 14.3 Å². The first kappa shape index (κ1) is 19.8. The maximum Gasteiger partial charge on any atom is 0.314 e. The van der Waals surface area contributed by atoms with Gasteiger partial charge in [0.25, 0.3) is 5.91 Å². The van der Waals surface area contributed by atoms with Crippen LogP contribution < -0.4 is 10.1 Å². The Labute approximate surface area is 158 Å². The van der Waals surface area contributed by atoms with Gasteiger partial charge in [-0.2, -0.15) is 0 Å². The van der Waals surface area contributed by atoms with E-state index in [9.17, 15) is 9.59 Å². The maximum atomic E-state index is 12.5. The molecule has 1 amide bonds. The molecule has 2 aromatic carbocycles. The predicted octanol–water partition coefficient (Wildman–Crippen LogP) is 4.41. The first-order valence-electron chi connectivity index (χ1n) is 8.36. The Hall–Kier alpha value is -2.53. The molecule has 0 radical (unpaired) electrons. The number of ether oxygens (including phenoxy) is 2. The van der Waals surface area contributed by atoms with E-state index in [0.717, 1.165) is 5.56 Å². The number of nitrogens with one attached hydrogen (secondary N) is 1. The standard InChI is InChI=1S/C20H22ClNO4/c1-4-16(14-8-6-5-7-9-14)20(24)26-13(2)19(23)22-17-12-15(21)10-11-18(17)25-3/h5-13,16H,4H2,1-3H3,(H,22,23)/t13-,16-/m0/s1. The second-order valence-corrected chi connectivity index (χ2v) is 6.22. The van der Waals surface area contributed by atoms with Gasteiger partial charge in [0, 0.05) is 5.02 Å². The largest absolute Gasteiger partial charge is 0.495 e. The summed E-state index contributed by atoms with van der Waals surface area (Å²) in [5.41, 5.74) is 1.28. The molecule has 0 saturated carbocycles. The summed E-state index contributed by atoms with van der Waals surface area (Å²) >= 11 is 5.96. The van der Waals surface area contributed by atoms with Crippen LogP contribution in [0.5, 0.6) is 5.75 Å². The Kier molecular flexibility index (Phi) is 7.04. The van der Waals surface area contributed by atoms with Gasteiger partial charge in [0.2, 0.25) is 0 Å². The van der Waals surface area contributed by atoms with E-state index in [-0.39, 0.29) is 0 Å². The number of hydrogen-bond donors (Lipinski definition) is 1. The normalized spacial score (nSPS) is 12.8. The highest BCUT2D eigenvalue weighted by Gasteiger charge is 2.25. The molecule has 2 aromatic rings. The predicted molar refractivity (Wildman–Crippen MR) is 102 cm³/mol. The van der Waals surface area contributed by atoms with Crippen LogP contribution in [-0.4, -0.2) is 25.1 Å². The molecule has 2 rings (SSSR count). The number of benzene rings is 2. The van der Waals surface area contributed by atoms with Gasteiger partial charge in [0.1, 0.15) is 5.75 Å². The molecule has 5 nitrogen and oxygen atoms in total. The fraction of sp³-hybridized carbons (Fsp3) is 0.300. The second kappa shape index (κ2) is 9.25. The number of halogens is 1. The van der Waals surface area contributed by atoms with E-state index >= 15 is 0 Å². The first-order valence-corrected chi connectivity index (χ1v) is 8.73. The number of esters is 1. The SMILES string of the molecule is CC[C@H](C(=O)O[C@@H](C)C(=O)Nc1cc(Cl)ccc1OC)c1ccccc1. The zero-order valence-corrected chi connectivity index (χ0v) is 15.7. The van der Waals surface area contributed by atoms with Crippen molar-refractivity contribution in [2.45, 2.75) is 32.3 Å². The van der Waals surface area contributed by atoms with E-state index in [0.29, 0.717) is 22.9 Å². The molecule has 6 heteroatoms. The summed E-state index contributed by atoms with van der Waals surface area (Å²) in [7, 11) is 1.49. The lowest BCUT2D eigenvalue weighted by Crippen LogP contribution is -2.31. The van der Waals surface area contributed by atoms with Crippen molar-refractivity contribution in [1.29, 1.82) is 0 Å². The molecule has 0 aliphatic heterocycles. The fourth-order valence-corrected chi connectivity index (χ4v) is 2.72. The van der Waals surface area contributed by atoms with E-state index in [1.165, 1.54) is 14.0 Å².